The Labute approximate surface area is 145 Å². The van der Waals surface area contributed by atoms with E-state index in [9.17, 15) is 13.6 Å². The lowest BCUT2D eigenvalue weighted by molar-refractivity contribution is -0.129. The molecule has 25 heavy (non-hydrogen) atoms. The first-order chi connectivity index (χ1) is 11.7. The maximum Gasteiger partial charge on any atom is 0.261 e. The van der Waals surface area contributed by atoms with Crippen molar-refractivity contribution in [3.05, 3.63) is 65.2 Å². The Morgan fingerprint density at radius 1 is 1.20 bits per heavy atom. The molecule has 2 rings (SSSR count). The van der Waals surface area contributed by atoms with Crippen LogP contribution in [0.2, 0.25) is 0 Å². The van der Waals surface area contributed by atoms with Crippen molar-refractivity contribution in [3.63, 3.8) is 0 Å². The minimum absolute atomic E-state index is 0.124. The van der Waals surface area contributed by atoms with E-state index < -0.39 is 29.2 Å². The first-order valence-electron chi connectivity index (χ1n) is 7.87. The van der Waals surface area contributed by atoms with Gasteiger partial charge in [0.25, 0.3) is 5.91 Å². The Morgan fingerprint density at radius 2 is 1.92 bits per heavy atom. The van der Waals surface area contributed by atoms with Crippen molar-refractivity contribution >= 4 is 5.91 Å². The lowest BCUT2D eigenvalue weighted by Gasteiger charge is -2.28. The Kier molecular flexibility index (Phi) is 5.74. The van der Waals surface area contributed by atoms with Gasteiger partial charge in [0.05, 0.1) is 12.1 Å². The van der Waals surface area contributed by atoms with Crippen molar-refractivity contribution in [2.24, 2.45) is 0 Å². The Bertz CT molecular complexity index is 762. The average Bonchev–Trinajstić information content (AvgIpc) is 2.57. The van der Waals surface area contributed by atoms with E-state index in [1.807, 2.05) is 0 Å². The first-order valence-corrected chi connectivity index (χ1v) is 7.87. The SMILES string of the molecule is CC(Oc1cccc(CO)c1)C(=O)NC(C)(C)c1ccc(F)c(F)c1. The van der Waals surface area contributed by atoms with Crippen molar-refractivity contribution in [3.8, 4) is 5.75 Å². The number of hydrogen-bond acceptors (Lipinski definition) is 3. The fourth-order valence-corrected chi connectivity index (χ4v) is 2.34. The van der Waals surface area contributed by atoms with E-state index in [0.717, 1.165) is 12.1 Å². The van der Waals surface area contributed by atoms with Crippen LogP contribution in [-0.4, -0.2) is 17.1 Å². The number of nitrogens with one attached hydrogen (secondary N) is 1. The van der Waals surface area contributed by atoms with E-state index in [4.69, 9.17) is 9.84 Å². The van der Waals surface area contributed by atoms with Crippen molar-refractivity contribution in [2.45, 2.75) is 39.0 Å². The third-order valence-corrected chi connectivity index (χ3v) is 3.84. The van der Waals surface area contributed by atoms with Crippen LogP contribution in [0.25, 0.3) is 0 Å². The summed E-state index contributed by atoms with van der Waals surface area (Å²) < 4.78 is 32.1. The maximum atomic E-state index is 13.4. The predicted octanol–water partition coefficient (Wildman–Crippen LogP) is 3.28. The van der Waals surface area contributed by atoms with Gasteiger partial charge in [-0.05, 0) is 56.2 Å². The van der Waals surface area contributed by atoms with E-state index in [1.165, 1.54) is 6.07 Å². The molecule has 1 amide bonds. The molecule has 2 aromatic carbocycles. The summed E-state index contributed by atoms with van der Waals surface area (Å²) in [4.78, 5) is 12.4. The van der Waals surface area contributed by atoms with Gasteiger partial charge in [-0.15, -0.1) is 0 Å². The molecule has 2 N–H and O–H groups in total. The molecule has 0 aromatic heterocycles. The lowest BCUT2D eigenvalue weighted by atomic mass is 9.94. The third kappa shape index (κ3) is 4.76. The fraction of sp³-hybridized carbons (Fsp3) is 0.316. The summed E-state index contributed by atoms with van der Waals surface area (Å²) in [5, 5.41) is 11.9. The number of benzene rings is 2. The zero-order valence-electron chi connectivity index (χ0n) is 14.3. The lowest BCUT2D eigenvalue weighted by Crippen LogP contribution is -2.46. The Balaban J connectivity index is 2.07. The van der Waals surface area contributed by atoms with Gasteiger partial charge in [0.15, 0.2) is 17.7 Å². The minimum Gasteiger partial charge on any atom is -0.481 e. The molecule has 0 radical (unpaired) electrons. The molecule has 0 fully saturated rings. The molecular weight excluding hydrogens is 328 g/mol. The van der Waals surface area contributed by atoms with E-state index in [0.29, 0.717) is 16.9 Å². The van der Waals surface area contributed by atoms with E-state index in [-0.39, 0.29) is 6.61 Å². The normalized spacial score (nSPS) is 12.6. The van der Waals surface area contributed by atoms with Crippen LogP contribution < -0.4 is 10.1 Å². The van der Waals surface area contributed by atoms with E-state index in [2.05, 4.69) is 5.32 Å². The highest BCUT2D eigenvalue weighted by molar-refractivity contribution is 5.81. The zero-order valence-corrected chi connectivity index (χ0v) is 14.3. The maximum absolute atomic E-state index is 13.4. The third-order valence-electron chi connectivity index (χ3n) is 3.84. The highest BCUT2D eigenvalue weighted by Gasteiger charge is 2.27. The van der Waals surface area contributed by atoms with Gasteiger partial charge in [0.2, 0.25) is 0 Å². The summed E-state index contributed by atoms with van der Waals surface area (Å²) >= 11 is 0. The molecule has 134 valence electrons. The molecule has 1 unspecified atom stereocenters. The van der Waals surface area contributed by atoms with Gasteiger partial charge in [-0.1, -0.05) is 18.2 Å². The number of rotatable bonds is 6. The second kappa shape index (κ2) is 7.61. The van der Waals surface area contributed by atoms with Gasteiger partial charge in [0.1, 0.15) is 5.75 Å². The quantitative estimate of drug-likeness (QED) is 0.841. The highest BCUT2D eigenvalue weighted by Crippen LogP contribution is 2.23. The summed E-state index contributed by atoms with van der Waals surface area (Å²) in [6.07, 6.45) is -0.807. The van der Waals surface area contributed by atoms with Crippen LogP contribution in [-0.2, 0) is 16.9 Å². The Hall–Kier alpha value is -2.47. The molecule has 6 heteroatoms. The number of hydrogen-bond donors (Lipinski definition) is 2. The molecule has 0 saturated heterocycles. The molecule has 1 atom stereocenters. The van der Waals surface area contributed by atoms with E-state index in [1.54, 1.807) is 45.0 Å². The van der Waals surface area contributed by atoms with E-state index >= 15 is 0 Å². The van der Waals surface area contributed by atoms with Crippen LogP contribution in [0.1, 0.15) is 31.9 Å². The first kappa shape index (κ1) is 18.9. The van der Waals surface area contributed by atoms with Gasteiger partial charge in [-0.25, -0.2) is 8.78 Å². The second-order valence-electron chi connectivity index (χ2n) is 6.31. The van der Waals surface area contributed by atoms with Crippen LogP contribution in [0, 0.1) is 11.6 Å². The second-order valence-corrected chi connectivity index (χ2v) is 6.31. The van der Waals surface area contributed by atoms with Gasteiger partial charge in [0, 0.05) is 0 Å². The number of carbonyl (C=O) groups is 1. The van der Waals surface area contributed by atoms with Crippen LogP contribution in [0.4, 0.5) is 8.78 Å². The largest absolute Gasteiger partial charge is 0.481 e. The summed E-state index contributed by atoms with van der Waals surface area (Å²) in [7, 11) is 0. The molecular formula is C19H21F2NO3. The molecule has 0 aliphatic carbocycles. The standard InChI is InChI=1S/C19H21F2NO3/c1-12(25-15-6-4-5-13(9-15)11-23)18(24)22-19(2,3)14-7-8-16(20)17(21)10-14/h4-10,12,23H,11H2,1-3H3,(H,22,24). The Morgan fingerprint density at radius 3 is 2.56 bits per heavy atom. The fourth-order valence-electron chi connectivity index (χ4n) is 2.34. The van der Waals surface area contributed by atoms with Crippen LogP contribution in [0.15, 0.2) is 42.5 Å². The van der Waals surface area contributed by atoms with Gasteiger partial charge >= 0.3 is 0 Å². The van der Waals surface area contributed by atoms with Crippen LogP contribution in [0.3, 0.4) is 0 Å². The number of carbonyl (C=O) groups excluding carboxylic acids is 1. The van der Waals surface area contributed by atoms with Gasteiger partial charge in [-0.2, -0.15) is 0 Å². The topological polar surface area (TPSA) is 58.6 Å². The molecule has 0 bridgehead atoms. The van der Waals surface area contributed by atoms with Crippen LogP contribution >= 0.6 is 0 Å². The van der Waals surface area contributed by atoms with Gasteiger partial charge in [-0.3, -0.25) is 4.79 Å². The minimum atomic E-state index is -0.968. The van der Waals surface area contributed by atoms with Crippen molar-refractivity contribution in [1.29, 1.82) is 0 Å². The number of aliphatic hydroxyl groups excluding tert-OH is 1. The van der Waals surface area contributed by atoms with Crippen molar-refractivity contribution < 1.29 is 23.4 Å². The summed E-state index contributed by atoms with van der Waals surface area (Å²) in [6.45, 7) is 4.84. The molecule has 0 spiro atoms. The van der Waals surface area contributed by atoms with Crippen molar-refractivity contribution in [2.75, 3.05) is 0 Å². The monoisotopic (exact) mass is 349 g/mol. The molecule has 0 heterocycles. The average molecular weight is 349 g/mol. The molecule has 0 aliphatic heterocycles. The zero-order chi connectivity index (χ0) is 18.6. The van der Waals surface area contributed by atoms with Gasteiger partial charge < -0.3 is 15.2 Å². The highest BCUT2D eigenvalue weighted by atomic mass is 19.2. The number of halogens is 2. The predicted molar refractivity (Wildman–Crippen MR) is 90.0 cm³/mol. The summed E-state index contributed by atoms with van der Waals surface area (Å²) in [5.41, 5.74) is 0.206. The number of amides is 1. The molecule has 0 saturated carbocycles. The summed E-state index contributed by atoms with van der Waals surface area (Å²) in [6, 6.07) is 10.3. The number of ether oxygens (including phenoxy) is 1. The van der Waals surface area contributed by atoms with Crippen LogP contribution in [0.5, 0.6) is 5.75 Å². The van der Waals surface area contributed by atoms with Crippen molar-refractivity contribution in [1.82, 2.24) is 5.32 Å². The smallest absolute Gasteiger partial charge is 0.261 e. The number of aliphatic hydroxyl groups is 1. The molecule has 0 aliphatic rings. The molecule has 2 aromatic rings. The summed E-state index contributed by atoms with van der Waals surface area (Å²) in [5.74, 6) is -1.85. The molecule has 4 nitrogen and oxygen atoms in total.